The maximum atomic E-state index is 12.3. The van der Waals surface area contributed by atoms with E-state index in [1.807, 2.05) is 24.3 Å². The zero-order chi connectivity index (χ0) is 15.2. The summed E-state index contributed by atoms with van der Waals surface area (Å²) >= 11 is 0. The van der Waals surface area contributed by atoms with Gasteiger partial charge < -0.3 is 15.6 Å². The lowest BCUT2D eigenvalue weighted by atomic mass is 10.1. The Morgan fingerprint density at radius 1 is 1.33 bits per heavy atom. The highest BCUT2D eigenvalue weighted by Gasteiger charge is 2.06. The number of hydrogen-bond donors (Lipinski definition) is 2. The second kappa shape index (κ2) is 7.04. The van der Waals surface area contributed by atoms with Crippen molar-refractivity contribution >= 4 is 5.82 Å². The van der Waals surface area contributed by atoms with Crippen molar-refractivity contribution in [1.29, 1.82) is 0 Å². The first kappa shape index (κ1) is 15.3. The topological polar surface area (TPSA) is 72.9 Å². The van der Waals surface area contributed by atoms with Gasteiger partial charge in [-0.25, -0.2) is 4.98 Å². The van der Waals surface area contributed by atoms with Crippen molar-refractivity contribution in [3.63, 3.8) is 0 Å². The molecule has 0 saturated carbocycles. The number of nitrogens with zero attached hydrogens (tertiary/aromatic N) is 2. The minimum Gasteiger partial charge on any atom is -0.361 e. The molecule has 21 heavy (non-hydrogen) atoms. The lowest BCUT2D eigenvalue weighted by Gasteiger charge is -2.11. The molecule has 0 bridgehead atoms. The van der Waals surface area contributed by atoms with E-state index in [-0.39, 0.29) is 5.56 Å². The Bertz CT molecular complexity index is 649. The van der Waals surface area contributed by atoms with Gasteiger partial charge in [0.1, 0.15) is 0 Å². The Hall–Kier alpha value is -2.14. The molecule has 0 radical (unpaired) electrons. The van der Waals surface area contributed by atoms with E-state index in [0.717, 1.165) is 11.1 Å². The summed E-state index contributed by atoms with van der Waals surface area (Å²) in [6.45, 7) is 5.93. The zero-order valence-corrected chi connectivity index (χ0v) is 12.5. The van der Waals surface area contributed by atoms with Crippen molar-refractivity contribution in [2.24, 2.45) is 11.7 Å². The third-order valence-electron chi connectivity index (χ3n) is 3.16. The quantitative estimate of drug-likeness (QED) is 0.851. The number of hydrogen-bond acceptors (Lipinski definition) is 4. The number of nitrogens with one attached hydrogen (secondary N) is 1. The molecule has 1 aromatic heterocycles. The fourth-order valence-electron chi connectivity index (χ4n) is 2.16. The molecular formula is C16H22N4O. The molecule has 0 aliphatic carbocycles. The normalized spacial score (nSPS) is 10.9. The van der Waals surface area contributed by atoms with Crippen LogP contribution >= 0.6 is 0 Å². The summed E-state index contributed by atoms with van der Waals surface area (Å²) in [4.78, 5) is 16.4. The van der Waals surface area contributed by atoms with Crippen LogP contribution < -0.4 is 16.6 Å². The smallest absolute Gasteiger partial charge is 0.293 e. The molecule has 3 N–H and O–H groups in total. The molecule has 0 unspecified atom stereocenters. The Kier molecular flexibility index (Phi) is 5.11. The van der Waals surface area contributed by atoms with Crippen molar-refractivity contribution < 1.29 is 0 Å². The summed E-state index contributed by atoms with van der Waals surface area (Å²) in [5, 5.41) is 3.11. The highest BCUT2D eigenvalue weighted by atomic mass is 16.1. The molecule has 5 heteroatoms. The number of benzene rings is 1. The average Bonchev–Trinajstić information content (AvgIpc) is 2.48. The van der Waals surface area contributed by atoms with Crippen LogP contribution in [0.15, 0.2) is 41.5 Å². The van der Waals surface area contributed by atoms with Crippen LogP contribution in [0.25, 0.3) is 0 Å². The Morgan fingerprint density at radius 3 is 2.81 bits per heavy atom. The van der Waals surface area contributed by atoms with Crippen molar-refractivity contribution in [2.75, 3.05) is 5.32 Å². The first-order valence-corrected chi connectivity index (χ1v) is 7.17. The van der Waals surface area contributed by atoms with E-state index in [0.29, 0.717) is 31.4 Å². The van der Waals surface area contributed by atoms with E-state index in [1.165, 1.54) is 0 Å². The van der Waals surface area contributed by atoms with E-state index in [2.05, 4.69) is 24.1 Å². The fraction of sp³-hybridized carbons (Fsp3) is 0.375. The molecule has 0 aliphatic rings. The van der Waals surface area contributed by atoms with Gasteiger partial charge in [0.25, 0.3) is 5.56 Å². The van der Waals surface area contributed by atoms with Gasteiger partial charge in [-0.1, -0.05) is 38.1 Å². The third-order valence-corrected chi connectivity index (χ3v) is 3.16. The predicted molar refractivity (Wildman–Crippen MR) is 85.0 cm³/mol. The van der Waals surface area contributed by atoms with Crippen LogP contribution in [-0.2, 0) is 19.6 Å². The predicted octanol–water partition coefficient (Wildman–Crippen LogP) is 1.97. The monoisotopic (exact) mass is 286 g/mol. The van der Waals surface area contributed by atoms with E-state index in [9.17, 15) is 4.79 Å². The zero-order valence-electron chi connectivity index (χ0n) is 12.5. The molecule has 0 aliphatic heterocycles. The van der Waals surface area contributed by atoms with Crippen LogP contribution in [0, 0.1) is 5.92 Å². The molecule has 5 nitrogen and oxygen atoms in total. The van der Waals surface area contributed by atoms with Crippen molar-refractivity contribution in [3.05, 3.63) is 58.1 Å². The van der Waals surface area contributed by atoms with Gasteiger partial charge in [-0.15, -0.1) is 0 Å². The maximum Gasteiger partial charge on any atom is 0.293 e. The summed E-state index contributed by atoms with van der Waals surface area (Å²) < 4.78 is 1.69. The first-order valence-electron chi connectivity index (χ1n) is 7.17. The Balaban J connectivity index is 2.11. The molecule has 1 aromatic carbocycles. The average molecular weight is 286 g/mol. The van der Waals surface area contributed by atoms with Gasteiger partial charge in [0.2, 0.25) is 0 Å². The minimum atomic E-state index is -0.0822. The Labute approximate surface area is 124 Å². The summed E-state index contributed by atoms with van der Waals surface area (Å²) in [7, 11) is 0. The molecule has 0 fully saturated rings. The standard InChI is InChI=1S/C16H22N4O/c1-12(2)11-20-7-6-18-15(16(20)21)19-10-14-5-3-4-13(8-14)9-17/h3-8,12H,9-11,17H2,1-2H3,(H,18,19). The van der Waals surface area contributed by atoms with E-state index >= 15 is 0 Å². The number of rotatable bonds is 6. The maximum absolute atomic E-state index is 12.3. The van der Waals surface area contributed by atoms with E-state index in [4.69, 9.17) is 5.73 Å². The molecule has 0 saturated heterocycles. The summed E-state index contributed by atoms with van der Waals surface area (Å²) in [5.41, 5.74) is 7.71. The largest absolute Gasteiger partial charge is 0.361 e. The van der Waals surface area contributed by atoms with Gasteiger partial charge in [-0.3, -0.25) is 4.79 Å². The van der Waals surface area contributed by atoms with Crippen molar-refractivity contribution in [1.82, 2.24) is 9.55 Å². The third kappa shape index (κ3) is 4.16. The lowest BCUT2D eigenvalue weighted by molar-refractivity contribution is 0.509. The number of nitrogens with two attached hydrogens (primary N) is 1. The first-order chi connectivity index (χ1) is 10.1. The van der Waals surface area contributed by atoms with Crippen molar-refractivity contribution in [3.8, 4) is 0 Å². The van der Waals surface area contributed by atoms with E-state index in [1.54, 1.807) is 17.0 Å². The molecule has 0 spiro atoms. The van der Waals surface area contributed by atoms with Crippen LogP contribution in [-0.4, -0.2) is 9.55 Å². The molecule has 0 amide bonds. The molecule has 1 heterocycles. The molecule has 112 valence electrons. The highest BCUT2D eigenvalue weighted by molar-refractivity contribution is 5.33. The van der Waals surface area contributed by atoms with Gasteiger partial charge in [0.15, 0.2) is 5.82 Å². The summed E-state index contributed by atoms with van der Waals surface area (Å²) in [6.07, 6.45) is 3.38. The summed E-state index contributed by atoms with van der Waals surface area (Å²) in [6, 6.07) is 7.99. The van der Waals surface area contributed by atoms with Crippen LogP contribution in [0.4, 0.5) is 5.82 Å². The number of anilines is 1. The highest BCUT2D eigenvalue weighted by Crippen LogP contribution is 2.06. The molecular weight excluding hydrogens is 264 g/mol. The second-order valence-corrected chi connectivity index (χ2v) is 5.50. The second-order valence-electron chi connectivity index (χ2n) is 5.50. The summed E-state index contributed by atoms with van der Waals surface area (Å²) in [5.74, 6) is 0.801. The fourth-order valence-corrected chi connectivity index (χ4v) is 2.16. The van der Waals surface area contributed by atoms with Crippen LogP contribution in [0.5, 0.6) is 0 Å². The van der Waals surface area contributed by atoms with Crippen LogP contribution in [0.3, 0.4) is 0 Å². The Morgan fingerprint density at radius 2 is 2.10 bits per heavy atom. The molecule has 0 atom stereocenters. The van der Waals surface area contributed by atoms with Crippen LogP contribution in [0.1, 0.15) is 25.0 Å². The van der Waals surface area contributed by atoms with Gasteiger partial charge in [-0.2, -0.15) is 0 Å². The van der Waals surface area contributed by atoms with Gasteiger partial charge >= 0.3 is 0 Å². The number of aromatic nitrogens is 2. The minimum absolute atomic E-state index is 0.0822. The van der Waals surface area contributed by atoms with Gasteiger partial charge in [0, 0.05) is 32.0 Å². The molecule has 2 rings (SSSR count). The van der Waals surface area contributed by atoms with Crippen molar-refractivity contribution in [2.45, 2.75) is 33.5 Å². The SMILES string of the molecule is CC(C)Cn1ccnc(NCc2cccc(CN)c2)c1=O. The van der Waals surface area contributed by atoms with E-state index < -0.39 is 0 Å². The van der Waals surface area contributed by atoms with Gasteiger partial charge in [0.05, 0.1) is 0 Å². The lowest BCUT2D eigenvalue weighted by Crippen LogP contribution is -2.25. The van der Waals surface area contributed by atoms with Crippen LogP contribution in [0.2, 0.25) is 0 Å². The molecule has 2 aromatic rings. The van der Waals surface area contributed by atoms with Gasteiger partial charge in [-0.05, 0) is 17.0 Å².